The smallest absolute Gasteiger partial charge is 0.293 e. The number of rotatable bonds is 9. The van der Waals surface area contributed by atoms with Crippen LogP contribution in [0.15, 0.2) is 71.6 Å². The van der Waals surface area contributed by atoms with Crippen LogP contribution in [0.1, 0.15) is 11.1 Å². The molecule has 2 amide bonds. The number of imide groups is 1. The first-order chi connectivity index (χ1) is 17.0. The van der Waals surface area contributed by atoms with Crippen molar-refractivity contribution in [1.82, 2.24) is 4.90 Å². The van der Waals surface area contributed by atoms with Gasteiger partial charge in [0.1, 0.15) is 19.0 Å². The summed E-state index contributed by atoms with van der Waals surface area (Å²) in [5.74, 6) is 1.16. The Hall–Kier alpha value is -3.13. The van der Waals surface area contributed by atoms with Crippen LogP contribution < -0.4 is 14.2 Å². The van der Waals surface area contributed by atoms with Gasteiger partial charge in [0, 0.05) is 10.6 Å². The second-order valence-corrected chi connectivity index (χ2v) is 9.21. The van der Waals surface area contributed by atoms with E-state index in [-0.39, 0.29) is 30.9 Å². The fraction of sp³-hybridized carbons (Fsp3) is 0.154. The average molecular weight is 530 g/mol. The highest BCUT2D eigenvalue weighted by molar-refractivity contribution is 8.18. The molecule has 1 aliphatic heterocycles. The summed E-state index contributed by atoms with van der Waals surface area (Å²) in [4.78, 5) is 26.8. The van der Waals surface area contributed by atoms with Crippen molar-refractivity contribution in [2.45, 2.75) is 6.61 Å². The van der Waals surface area contributed by atoms with Gasteiger partial charge in [0.05, 0.1) is 23.6 Å². The maximum absolute atomic E-state index is 12.8. The minimum absolute atomic E-state index is 0.113. The average Bonchev–Trinajstić information content (AvgIpc) is 3.12. The van der Waals surface area contributed by atoms with E-state index in [1.807, 2.05) is 18.2 Å². The van der Waals surface area contributed by atoms with Gasteiger partial charge < -0.3 is 14.2 Å². The number of amides is 2. The van der Waals surface area contributed by atoms with E-state index in [4.69, 9.17) is 37.4 Å². The molecule has 0 aliphatic carbocycles. The first-order valence-corrected chi connectivity index (χ1v) is 12.2. The molecule has 0 bridgehead atoms. The molecule has 0 aromatic heterocycles. The van der Waals surface area contributed by atoms with Crippen LogP contribution in [0.3, 0.4) is 0 Å². The van der Waals surface area contributed by atoms with Crippen molar-refractivity contribution in [3.8, 4) is 17.2 Å². The van der Waals surface area contributed by atoms with E-state index in [1.54, 1.807) is 61.7 Å². The lowest BCUT2D eigenvalue weighted by Crippen LogP contribution is -2.32. The molecule has 4 rings (SSSR count). The zero-order valence-electron chi connectivity index (χ0n) is 18.7. The summed E-state index contributed by atoms with van der Waals surface area (Å²) in [7, 11) is 1.55. The molecule has 0 radical (unpaired) electrons. The Morgan fingerprint density at radius 1 is 0.886 bits per heavy atom. The molecule has 6 nitrogen and oxygen atoms in total. The minimum atomic E-state index is -0.378. The van der Waals surface area contributed by atoms with Crippen molar-refractivity contribution in [2.24, 2.45) is 0 Å². The number of hydrogen-bond acceptors (Lipinski definition) is 6. The van der Waals surface area contributed by atoms with Crippen LogP contribution in [0.25, 0.3) is 6.08 Å². The van der Waals surface area contributed by atoms with Crippen molar-refractivity contribution >= 4 is 52.2 Å². The lowest BCUT2D eigenvalue weighted by Gasteiger charge is -2.14. The summed E-state index contributed by atoms with van der Waals surface area (Å²) in [6.07, 6.45) is 1.65. The van der Waals surface area contributed by atoms with Gasteiger partial charge >= 0.3 is 0 Å². The van der Waals surface area contributed by atoms with Crippen LogP contribution in [0.2, 0.25) is 10.0 Å². The van der Waals surface area contributed by atoms with Crippen molar-refractivity contribution in [3.05, 3.63) is 92.8 Å². The molecular formula is C26H21Cl2NO5S. The molecule has 0 spiro atoms. The van der Waals surface area contributed by atoms with E-state index in [0.29, 0.717) is 37.8 Å². The van der Waals surface area contributed by atoms with Crippen LogP contribution in [0.5, 0.6) is 17.2 Å². The molecule has 180 valence electrons. The monoisotopic (exact) mass is 529 g/mol. The molecular weight excluding hydrogens is 509 g/mol. The van der Waals surface area contributed by atoms with Crippen LogP contribution in [-0.4, -0.2) is 36.3 Å². The molecule has 0 N–H and O–H groups in total. The summed E-state index contributed by atoms with van der Waals surface area (Å²) >= 11 is 13.2. The second kappa shape index (κ2) is 11.5. The predicted octanol–water partition coefficient (Wildman–Crippen LogP) is 6.70. The van der Waals surface area contributed by atoms with Gasteiger partial charge in [-0.1, -0.05) is 59.6 Å². The minimum Gasteiger partial charge on any atom is -0.493 e. The van der Waals surface area contributed by atoms with Gasteiger partial charge in [0.15, 0.2) is 11.5 Å². The molecule has 35 heavy (non-hydrogen) atoms. The number of hydrogen-bond donors (Lipinski definition) is 0. The SMILES string of the molecule is COc1ccc(/C=C2\SC(=O)N(CCOc3ccccc3Cl)C2=O)cc1OCc1ccccc1Cl. The van der Waals surface area contributed by atoms with Gasteiger partial charge in [-0.25, -0.2) is 0 Å². The van der Waals surface area contributed by atoms with E-state index in [0.717, 1.165) is 22.2 Å². The number of thioether (sulfide) groups is 1. The molecule has 1 fully saturated rings. The third-order valence-corrected chi connectivity index (χ3v) is 6.70. The number of benzene rings is 3. The molecule has 0 unspecified atom stereocenters. The molecule has 1 heterocycles. The Bertz CT molecular complexity index is 1280. The third kappa shape index (κ3) is 6.11. The topological polar surface area (TPSA) is 65.1 Å². The lowest BCUT2D eigenvalue weighted by atomic mass is 10.1. The zero-order chi connectivity index (χ0) is 24.8. The number of nitrogens with zero attached hydrogens (tertiary/aromatic N) is 1. The Balaban J connectivity index is 1.44. The maximum Gasteiger partial charge on any atom is 0.293 e. The van der Waals surface area contributed by atoms with Gasteiger partial charge in [0.2, 0.25) is 0 Å². The van der Waals surface area contributed by atoms with E-state index in [2.05, 4.69) is 0 Å². The first kappa shape index (κ1) is 25.0. The number of carbonyl (C=O) groups is 2. The van der Waals surface area contributed by atoms with E-state index in [1.165, 1.54) is 0 Å². The van der Waals surface area contributed by atoms with Crippen molar-refractivity contribution < 1.29 is 23.8 Å². The van der Waals surface area contributed by atoms with Crippen molar-refractivity contribution in [3.63, 3.8) is 0 Å². The van der Waals surface area contributed by atoms with Crippen LogP contribution in [0, 0.1) is 0 Å². The summed E-state index contributed by atoms with van der Waals surface area (Å²) in [5.41, 5.74) is 1.53. The highest BCUT2D eigenvalue weighted by atomic mass is 35.5. The highest BCUT2D eigenvalue weighted by Crippen LogP contribution is 2.35. The van der Waals surface area contributed by atoms with Crippen LogP contribution in [0.4, 0.5) is 4.79 Å². The Kier molecular flexibility index (Phi) is 8.23. The van der Waals surface area contributed by atoms with E-state index in [9.17, 15) is 9.59 Å². The summed E-state index contributed by atoms with van der Waals surface area (Å²) in [6.45, 7) is 0.501. The molecule has 3 aromatic carbocycles. The Morgan fingerprint density at radius 3 is 2.37 bits per heavy atom. The molecule has 9 heteroatoms. The van der Waals surface area contributed by atoms with Gasteiger partial charge in [-0.3, -0.25) is 14.5 Å². The number of para-hydroxylation sites is 1. The quantitative estimate of drug-likeness (QED) is 0.287. The number of halogens is 2. The van der Waals surface area contributed by atoms with Gasteiger partial charge in [0.25, 0.3) is 11.1 Å². The zero-order valence-corrected chi connectivity index (χ0v) is 21.0. The molecule has 1 saturated heterocycles. The number of methoxy groups -OCH3 is 1. The first-order valence-electron chi connectivity index (χ1n) is 10.6. The lowest BCUT2D eigenvalue weighted by molar-refractivity contribution is -0.123. The number of carbonyl (C=O) groups excluding carboxylic acids is 2. The number of ether oxygens (including phenoxy) is 3. The Morgan fingerprint density at radius 2 is 1.63 bits per heavy atom. The van der Waals surface area contributed by atoms with E-state index < -0.39 is 0 Å². The molecule has 0 atom stereocenters. The highest BCUT2D eigenvalue weighted by Gasteiger charge is 2.34. The van der Waals surface area contributed by atoms with Gasteiger partial charge in [-0.2, -0.15) is 0 Å². The normalized spacial score (nSPS) is 14.5. The van der Waals surface area contributed by atoms with Crippen molar-refractivity contribution in [2.75, 3.05) is 20.3 Å². The summed E-state index contributed by atoms with van der Waals surface area (Å²) in [6, 6.07) is 19.7. The van der Waals surface area contributed by atoms with E-state index >= 15 is 0 Å². The molecule has 0 saturated carbocycles. The van der Waals surface area contributed by atoms with Crippen molar-refractivity contribution in [1.29, 1.82) is 0 Å². The Labute approximate surface area is 217 Å². The van der Waals surface area contributed by atoms with Gasteiger partial charge in [-0.15, -0.1) is 0 Å². The van der Waals surface area contributed by atoms with Crippen LogP contribution in [-0.2, 0) is 11.4 Å². The van der Waals surface area contributed by atoms with Gasteiger partial charge in [-0.05, 0) is 53.7 Å². The molecule has 3 aromatic rings. The summed E-state index contributed by atoms with van der Waals surface area (Å²) < 4.78 is 17.0. The fourth-order valence-corrected chi connectivity index (χ4v) is 4.57. The fourth-order valence-electron chi connectivity index (χ4n) is 3.32. The van der Waals surface area contributed by atoms with Crippen LogP contribution >= 0.6 is 35.0 Å². The third-order valence-electron chi connectivity index (χ3n) is 5.11. The standard InChI is InChI=1S/C26H21Cl2NO5S/c1-32-22-11-10-17(14-23(22)34-16-18-6-2-3-7-19(18)27)15-24-25(30)29(26(31)35-24)12-13-33-21-9-5-4-8-20(21)28/h2-11,14-15H,12-13,16H2,1H3/b24-15-. The summed E-state index contributed by atoms with van der Waals surface area (Å²) in [5, 5.41) is 0.719. The maximum atomic E-state index is 12.8. The predicted molar refractivity (Wildman–Crippen MR) is 138 cm³/mol. The molecule has 1 aliphatic rings. The largest absolute Gasteiger partial charge is 0.493 e. The second-order valence-electron chi connectivity index (χ2n) is 7.40.